The molecule has 0 saturated heterocycles. The van der Waals surface area contributed by atoms with Crippen LogP contribution in [-0.4, -0.2) is 41.5 Å². The second kappa shape index (κ2) is 7.14. The lowest BCUT2D eigenvalue weighted by Gasteiger charge is -2.32. The van der Waals surface area contributed by atoms with E-state index < -0.39 is 0 Å². The lowest BCUT2D eigenvalue weighted by atomic mass is 9.92. The first-order valence-corrected chi connectivity index (χ1v) is 8.64. The van der Waals surface area contributed by atoms with Gasteiger partial charge in [0.25, 0.3) is 0 Å². The average molecular weight is 367 g/mol. The van der Waals surface area contributed by atoms with E-state index in [1.807, 2.05) is 24.3 Å². The molecule has 1 aliphatic heterocycles. The van der Waals surface area contributed by atoms with Crippen LogP contribution in [0.25, 0.3) is 0 Å². The standard InChI is InChI=1S/C19H21N5O3/c1-25-13-9-14(18(27-3)17(10-13)26-2)16-11-15(12-7-5-4-6-8-12)20-19-21-22-23-24(16)19/h4-10,15-16H,11H2,1-3H3,(H,20,21,23). The molecule has 140 valence electrons. The van der Waals surface area contributed by atoms with Gasteiger partial charge in [-0.2, -0.15) is 0 Å². The second-order valence-electron chi connectivity index (χ2n) is 6.26. The van der Waals surface area contributed by atoms with E-state index in [1.54, 1.807) is 32.1 Å². The molecular formula is C19H21N5O3. The van der Waals surface area contributed by atoms with Crippen LogP contribution < -0.4 is 19.5 Å². The quantitative estimate of drug-likeness (QED) is 0.742. The Kier molecular flexibility index (Phi) is 4.53. The van der Waals surface area contributed by atoms with Gasteiger partial charge in [0.2, 0.25) is 5.95 Å². The van der Waals surface area contributed by atoms with Gasteiger partial charge in [0.1, 0.15) is 5.75 Å². The van der Waals surface area contributed by atoms with Gasteiger partial charge < -0.3 is 19.5 Å². The van der Waals surface area contributed by atoms with E-state index in [0.29, 0.717) is 23.2 Å². The van der Waals surface area contributed by atoms with E-state index in [4.69, 9.17) is 14.2 Å². The number of nitrogens with one attached hydrogen (secondary N) is 1. The normalized spacial score (nSPS) is 18.3. The van der Waals surface area contributed by atoms with Gasteiger partial charge in [-0.05, 0) is 28.5 Å². The molecule has 2 aromatic carbocycles. The zero-order chi connectivity index (χ0) is 18.8. The van der Waals surface area contributed by atoms with Crippen molar-refractivity contribution in [2.75, 3.05) is 26.6 Å². The van der Waals surface area contributed by atoms with Crippen LogP contribution in [0.1, 0.15) is 29.6 Å². The van der Waals surface area contributed by atoms with Crippen LogP contribution in [0.3, 0.4) is 0 Å². The Morgan fingerprint density at radius 1 is 1.04 bits per heavy atom. The molecular weight excluding hydrogens is 346 g/mol. The van der Waals surface area contributed by atoms with Crippen molar-refractivity contribution in [1.29, 1.82) is 0 Å². The molecule has 8 heteroatoms. The van der Waals surface area contributed by atoms with Gasteiger partial charge in [-0.15, -0.1) is 0 Å². The van der Waals surface area contributed by atoms with Gasteiger partial charge in [0.05, 0.1) is 33.4 Å². The highest BCUT2D eigenvalue weighted by atomic mass is 16.5. The van der Waals surface area contributed by atoms with Crippen LogP contribution in [0.4, 0.5) is 5.95 Å². The summed E-state index contributed by atoms with van der Waals surface area (Å²) in [6, 6.07) is 13.9. The molecule has 2 atom stereocenters. The van der Waals surface area contributed by atoms with E-state index in [2.05, 4.69) is 33.0 Å². The number of methoxy groups -OCH3 is 3. The summed E-state index contributed by atoms with van der Waals surface area (Å²) < 4.78 is 18.4. The molecule has 27 heavy (non-hydrogen) atoms. The molecule has 1 aromatic heterocycles. The van der Waals surface area contributed by atoms with E-state index in [-0.39, 0.29) is 12.1 Å². The summed E-state index contributed by atoms with van der Waals surface area (Å²) >= 11 is 0. The SMILES string of the molecule is COc1cc(OC)c(OC)c(C2CC(c3ccccc3)Nc3nnnn32)c1. The van der Waals surface area contributed by atoms with Gasteiger partial charge in [0.15, 0.2) is 11.5 Å². The number of tetrazole rings is 1. The molecule has 2 unspecified atom stereocenters. The first-order chi connectivity index (χ1) is 13.2. The lowest BCUT2D eigenvalue weighted by molar-refractivity contribution is 0.333. The van der Waals surface area contributed by atoms with Crippen molar-refractivity contribution in [1.82, 2.24) is 20.2 Å². The minimum absolute atomic E-state index is 0.0663. The molecule has 0 spiro atoms. The third-order valence-corrected chi connectivity index (χ3v) is 4.83. The van der Waals surface area contributed by atoms with Crippen LogP contribution in [0.5, 0.6) is 17.2 Å². The summed E-state index contributed by atoms with van der Waals surface area (Å²) in [6.07, 6.45) is 0.745. The zero-order valence-electron chi connectivity index (χ0n) is 15.4. The van der Waals surface area contributed by atoms with Crippen molar-refractivity contribution in [2.24, 2.45) is 0 Å². The Morgan fingerprint density at radius 3 is 2.56 bits per heavy atom. The maximum Gasteiger partial charge on any atom is 0.243 e. The fraction of sp³-hybridized carbons (Fsp3) is 0.316. The molecule has 0 aliphatic carbocycles. The van der Waals surface area contributed by atoms with Crippen molar-refractivity contribution in [2.45, 2.75) is 18.5 Å². The maximum atomic E-state index is 5.67. The molecule has 2 heterocycles. The minimum atomic E-state index is -0.139. The van der Waals surface area contributed by atoms with Crippen LogP contribution in [0.2, 0.25) is 0 Å². The molecule has 4 rings (SSSR count). The second-order valence-corrected chi connectivity index (χ2v) is 6.26. The lowest BCUT2D eigenvalue weighted by Crippen LogP contribution is -2.28. The van der Waals surface area contributed by atoms with Crippen LogP contribution in [-0.2, 0) is 0 Å². The molecule has 1 N–H and O–H groups in total. The molecule has 0 saturated carbocycles. The average Bonchev–Trinajstić information content (AvgIpc) is 3.21. The Balaban J connectivity index is 1.83. The van der Waals surface area contributed by atoms with E-state index >= 15 is 0 Å². The van der Waals surface area contributed by atoms with Gasteiger partial charge in [-0.3, -0.25) is 0 Å². The third-order valence-electron chi connectivity index (χ3n) is 4.83. The fourth-order valence-electron chi connectivity index (χ4n) is 3.53. The Morgan fingerprint density at radius 2 is 1.85 bits per heavy atom. The van der Waals surface area contributed by atoms with E-state index in [1.165, 1.54) is 5.56 Å². The number of aromatic nitrogens is 4. The number of fused-ring (bicyclic) bond motifs is 1. The first kappa shape index (κ1) is 17.1. The van der Waals surface area contributed by atoms with Crippen LogP contribution in [0, 0.1) is 0 Å². The largest absolute Gasteiger partial charge is 0.497 e. The van der Waals surface area contributed by atoms with Gasteiger partial charge in [-0.25, -0.2) is 4.68 Å². The van der Waals surface area contributed by atoms with Crippen molar-refractivity contribution >= 4 is 5.95 Å². The molecule has 0 bridgehead atoms. The van der Waals surface area contributed by atoms with Gasteiger partial charge in [-0.1, -0.05) is 35.4 Å². The number of ether oxygens (including phenoxy) is 3. The number of hydrogen-bond donors (Lipinski definition) is 1. The Labute approximate surface area is 157 Å². The third kappa shape index (κ3) is 3.03. The van der Waals surface area contributed by atoms with Gasteiger partial charge in [0, 0.05) is 11.6 Å². The fourth-order valence-corrected chi connectivity index (χ4v) is 3.53. The van der Waals surface area contributed by atoms with Crippen molar-refractivity contribution in [3.63, 3.8) is 0 Å². The minimum Gasteiger partial charge on any atom is -0.497 e. The van der Waals surface area contributed by atoms with Crippen molar-refractivity contribution in [3.05, 3.63) is 53.6 Å². The molecule has 0 radical (unpaired) electrons. The number of rotatable bonds is 5. The van der Waals surface area contributed by atoms with E-state index in [0.717, 1.165) is 12.0 Å². The molecule has 3 aromatic rings. The molecule has 1 aliphatic rings. The van der Waals surface area contributed by atoms with Crippen LogP contribution in [0.15, 0.2) is 42.5 Å². The smallest absolute Gasteiger partial charge is 0.243 e. The number of hydrogen-bond acceptors (Lipinski definition) is 7. The monoisotopic (exact) mass is 367 g/mol. The summed E-state index contributed by atoms with van der Waals surface area (Å²) in [7, 11) is 4.87. The predicted octanol–water partition coefficient (Wildman–Crippen LogP) is 2.85. The molecule has 8 nitrogen and oxygen atoms in total. The van der Waals surface area contributed by atoms with Crippen molar-refractivity contribution < 1.29 is 14.2 Å². The summed E-state index contributed by atoms with van der Waals surface area (Å²) in [5.74, 6) is 2.56. The summed E-state index contributed by atoms with van der Waals surface area (Å²) in [5, 5.41) is 15.6. The first-order valence-electron chi connectivity index (χ1n) is 8.64. The highest BCUT2D eigenvalue weighted by Crippen LogP contribution is 2.45. The number of nitrogens with zero attached hydrogens (tertiary/aromatic N) is 4. The van der Waals surface area contributed by atoms with Crippen LogP contribution >= 0.6 is 0 Å². The topological polar surface area (TPSA) is 83.3 Å². The number of benzene rings is 2. The zero-order valence-corrected chi connectivity index (χ0v) is 15.4. The number of anilines is 1. The molecule has 0 amide bonds. The molecule has 0 fully saturated rings. The maximum absolute atomic E-state index is 5.67. The van der Waals surface area contributed by atoms with E-state index in [9.17, 15) is 0 Å². The highest BCUT2D eigenvalue weighted by Gasteiger charge is 2.33. The predicted molar refractivity (Wildman–Crippen MR) is 99.5 cm³/mol. The highest BCUT2D eigenvalue weighted by molar-refractivity contribution is 5.54. The Hall–Kier alpha value is -3.29. The summed E-state index contributed by atoms with van der Waals surface area (Å²) in [4.78, 5) is 0. The van der Waals surface area contributed by atoms with Gasteiger partial charge >= 0.3 is 0 Å². The summed E-state index contributed by atoms with van der Waals surface area (Å²) in [5.41, 5.74) is 2.08. The van der Waals surface area contributed by atoms with Crippen molar-refractivity contribution in [3.8, 4) is 17.2 Å². The summed E-state index contributed by atoms with van der Waals surface area (Å²) in [6.45, 7) is 0. The Bertz CT molecular complexity index is 928.